The number of amides is 1. The molecule has 0 aliphatic heterocycles. The molecule has 0 aliphatic rings. The third-order valence-electron chi connectivity index (χ3n) is 2.73. The van der Waals surface area contributed by atoms with Gasteiger partial charge >= 0.3 is 0 Å². The summed E-state index contributed by atoms with van der Waals surface area (Å²) in [5.41, 5.74) is 5.61. The molecule has 130 valence electrons. The van der Waals surface area contributed by atoms with E-state index < -0.39 is 21.7 Å². The maximum atomic E-state index is 11.9. The molecule has 0 unspecified atom stereocenters. The third kappa shape index (κ3) is 6.85. The molecule has 0 saturated carbocycles. The molecule has 0 heterocycles. The van der Waals surface area contributed by atoms with Gasteiger partial charge in [-0.2, -0.15) is 0 Å². The number of guanidine groups is 1. The molecule has 1 rings (SSSR count). The number of nitrogens with one attached hydrogen (secondary N) is 3. The summed E-state index contributed by atoms with van der Waals surface area (Å²) in [6.07, 6.45) is 1.78. The molecule has 10 heteroatoms. The Balaban J connectivity index is 0.00000484. The summed E-state index contributed by atoms with van der Waals surface area (Å²) in [4.78, 5) is 11.8. The van der Waals surface area contributed by atoms with Gasteiger partial charge in [0.05, 0.1) is 10.6 Å². The van der Waals surface area contributed by atoms with Crippen molar-refractivity contribution in [1.82, 2.24) is 5.32 Å². The number of benzene rings is 1. The smallest absolute Gasteiger partial charge is 0.257 e. The molecule has 0 spiro atoms. The van der Waals surface area contributed by atoms with E-state index in [2.05, 4.69) is 10.6 Å². The minimum absolute atomic E-state index is 0. The number of halogens is 1. The summed E-state index contributed by atoms with van der Waals surface area (Å²) in [5, 5.41) is 12.1. The van der Waals surface area contributed by atoms with Crippen LogP contribution in [-0.2, 0) is 14.6 Å². The highest BCUT2D eigenvalue weighted by Crippen LogP contribution is 2.23. The van der Waals surface area contributed by atoms with Crippen molar-refractivity contribution in [2.75, 3.05) is 31.8 Å². The molecule has 23 heavy (non-hydrogen) atoms. The van der Waals surface area contributed by atoms with Crippen molar-refractivity contribution in [3.8, 4) is 0 Å². The van der Waals surface area contributed by atoms with E-state index in [0.717, 1.165) is 6.26 Å². The van der Waals surface area contributed by atoms with Gasteiger partial charge in [-0.3, -0.25) is 15.5 Å². The number of ether oxygens (including phenoxy) is 1. The molecule has 0 atom stereocenters. The van der Waals surface area contributed by atoms with Gasteiger partial charge in [0.15, 0.2) is 15.8 Å². The second-order valence-corrected chi connectivity index (χ2v) is 6.61. The summed E-state index contributed by atoms with van der Waals surface area (Å²) in [6.45, 7) is 1.09. The van der Waals surface area contributed by atoms with E-state index >= 15 is 0 Å². The fourth-order valence-electron chi connectivity index (χ4n) is 1.75. The number of methoxy groups -OCH3 is 1. The Bertz CT molecular complexity index is 664. The molecule has 8 nitrogen and oxygen atoms in total. The lowest BCUT2D eigenvalue weighted by atomic mass is 10.2. The van der Waals surface area contributed by atoms with Gasteiger partial charge in [0.1, 0.15) is 0 Å². The first kappa shape index (κ1) is 21.2. The number of rotatable bonds is 7. The number of nitrogens with two attached hydrogens (primary N) is 1. The van der Waals surface area contributed by atoms with Gasteiger partial charge in [0.25, 0.3) is 5.91 Å². The van der Waals surface area contributed by atoms with Crippen molar-refractivity contribution in [2.45, 2.75) is 11.3 Å². The Morgan fingerprint density at radius 3 is 2.57 bits per heavy atom. The lowest BCUT2D eigenvalue weighted by molar-refractivity contribution is 0.0976. The largest absolute Gasteiger partial charge is 0.385 e. The fourth-order valence-corrected chi connectivity index (χ4v) is 2.63. The lowest BCUT2D eigenvalue weighted by Gasteiger charge is -2.12. The molecule has 0 aromatic heterocycles. The molecule has 0 saturated heterocycles. The SMILES string of the molecule is COCCCNc1ccc(C(=O)NC(=N)N)cc1S(C)(=O)=O.Cl. The van der Waals surface area contributed by atoms with E-state index in [1.807, 2.05) is 0 Å². The molecule has 5 N–H and O–H groups in total. The second kappa shape index (κ2) is 9.33. The molecule has 0 fully saturated rings. The van der Waals surface area contributed by atoms with Crippen LogP contribution in [-0.4, -0.2) is 46.8 Å². The monoisotopic (exact) mass is 364 g/mol. The Kier molecular flexibility index (Phi) is 8.59. The van der Waals surface area contributed by atoms with E-state index in [-0.39, 0.29) is 22.9 Å². The van der Waals surface area contributed by atoms with Gasteiger partial charge in [-0.15, -0.1) is 12.4 Å². The van der Waals surface area contributed by atoms with E-state index in [1.54, 1.807) is 7.11 Å². The van der Waals surface area contributed by atoms with E-state index in [1.165, 1.54) is 18.2 Å². The minimum Gasteiger partial charge on any atom is -0.385 e. The van der Waals surface area contributed by atoms with Crippen LogP contribution in [0.2, 0.25) is 0 Å². The van der Waals surface area contributed by atoms with Crippen LogP contribution >= 0.6 is 12.4 Å². The van der Waals surface area contributed by atoms with Crippen molar-refractivity contribution >= 4 is 39.8 Å². The topological polar surface area (TPSA) is 134 Å². The van der Waals surface area contributed by atoms with Gasteiger partial charge in [-0.05, 0) is 24.6 Å². The fraction of sp³-hybridized carbons (Fsp3) is 0.385. The number of carbonyl (C=O) groups is 1. The zero-order valence-electron chi connectivity index (χ0n) is 12.9. The molecular weight excluding hydrogens is 344 g/mol. The number of hydrogen-bond donors (Lipinski definition) is 4. The number of hydrogen-bond acceptors (Lipinski definition) is 6. The van der Waals surface area contributed by atoms with Crippen LogP contribution in [0, 0.1) is 5.41 Å². The molecular formula is C13H21ClN4O4S. The average molecular weight is 365 g/mol. The minimum atomic E-state index is -3.52. The lowest BCUT2D eigenvalue weighted by Crippen LogP contribution is -2.35. The maximum absolute atomic E-state index is 11.9. The summed E-state index contributed by atoms with van der Waals surface area (Å²) in [6, 6.07) is 4.23. The van der Waals surface area contributed by atoms with Gasteiger partial charge in [-0.1, -0.05) is 0 Å². The molecule has 1 amide bonds. The van der Waals surface area contributed by atoms with Crippen molar-refractivity contribution in [1.29, 1.82) is 5.41 Å². The van der Waals surface area contributed by atoms with Gasteiger partial charge in [0.2, 0.25) is 0 Å². The normalized spacial score (nSPS) is 10.5. The van der Waals surface area contributed by atoms with Crippen LogP contribution in [0.3, 0.4) is 0 Å². The highest BCUT2D eigenvalue weighted by molar-refractivity contribution is 7.90. The molecule has 0 aliphatic carbocycles. The van der Waals surface area contributed by atoms with Crippen LogP contribution < -0.4 is 16.4 Å². The van der Waals surface area contributed by atoms with Crippen LogP contribution in [0.15, 0.2) is 23.1 Å². The van der Waals surface area contributed by atoms with Gasteiger partial charge in [-0.25, -0.2) is 8.42 Å². The maximum Gasteiger partial charge on any atom is 0.257 e. The molecule has 0 bridgehead atoms. The Hall–Kier alpha value is -1.84. The molecule has 1 aromatic rings. The standard InChI is InChI=1S/C13H20N4O4S.ClH/c1-21-7-3-6-16-10-5-4-9(12(18)17-13(14)15)8-11(10)22(2,19)20;/h4-5,8,16H,3,6-7H2,1-2H3,(H4,14,15,17,18);1H. The van der Waals surface area contributed by atoms with Crippen LogP contribution in [0.1, 0.15) is 16.8 Å². The highest BCUT2D eigenvalue weighted by atomic mass is 35.5. The first-order valence-electron chi connectivity index (χ1n) is 6.48. The summed E-state index contributed by atoms with van der Waals surface area (Å²) in [7, 11) is -1.93. The zero-order chi connectivity index (χ0) is 16.8. The number of anilines is 1. The van der Waals surface area contributed by atoms with E-state index in [4.69, 9.17) is 15.9 Å². The van der Waals surface area contributed by atoms with E-state index in [9.17, 15) is 13.2 Å². The number of sulfone groups is 1. The van der Waals surface area contributed by atoms with Gasteiger partial charge in [0, 0.05) is 32.1 Å². The molecule has 0 radical (unpaired) electrons. The van der Waals surface area contributed by atoms with Crippen molar-refractivity contribution < 1.29 is 17.9 Å². The predicted molar refractivity (Wildman–Crippen MR) is 91.2 cm³/mol. The summed E-state index contributed by atoms with van der Waals surface area (Å²) < 4.78 is 28.7. The Labute approximate surface area is 141 Å². The zero-order valence-corrected chi connectivity index (χ0v) is 14.5. The second-order valence-electron chi connectivity index (χ2n) is 4.62. The van der Waals surface area contributed by atoms with Crippen LogP contribution in [0.25, 0.3) is 0 Å². The quantitative estimate of drug-likeness (QED) is 0.317. The highest BCUT2D eigenvalue weighted by Gasteiger charge is 2.17. The average Bonchev–Trinajstić information content (AvgIpc) is 2.42. The van der Waals surface area contributed by atoms with Crippen molar-refractivity contribution in [3.05, 3.63) is 23.8 Å². The summed E-state index contributed by atoms with van der Waals surface area (Å²) >= 11 is 0. The number of carbonyl (C=O) groups excluding carboxylic acids is 1. The first-order valence-corrected chi connectivity index (χ1v) is 8.37. The first-order chi connectivity index (χ1) is 10.3. The van der Waals surface area contributed by atoms with Gasteiger partial charge < -0.3 is 15.8 Å². The van der Waals surface area contributed by atoms with Crippen molar-refractivity contribution in [3.63, 3.8) is 0 Å². The summed E-state index contributed by atoms with van der Waals surface area (Å²) in [5.74, 6) is -1.14. The Morgan fingerprint density at radius 1 is 1.39 bits per heavy atom. The molecule has 1 aromatic carbocycles. The Morgan fingerprint density at radius 2 is 2.04 bits per heavy atom. The van der Waals surface area contributed by atoms with Crippen LogP contribution in [0.4, 0.5) is 5.69 Å². The van der Waals surface area contributed by atoms with Crippen LogP contribution in [0.5, 0.6) is 0 Å². The predicted octanol–water partition coefficient (Wildman–Crippen LogP) is 0.584. The third-order valence-corrected chi connectivity index (χ3v) is 3.87. The van der Waals surface area contributed by atoms with Crippen molar-refractivity contribution in [2.24, 2.45) is 5.73 Å². The van der Waals surface area contributed by atoms with E-state index in [0.29, 0.717) is 25.3 Å².